The Kier molecular flexibility index (Phi) is 4.23. The summed E-state index contributed by atoms with van der Waals surface area (Å²) in [6.07, 6.45) is 0.942. The van der Waals surface area contributed by atoms with E-state index in [2.05, 4.69) is 26.8 Å². The molecule has 0 aliphatic rings. The number of nitrogens with two attached hydrogens (primary N) is 1. The summed E-state index contributed by atoms with van der Waals surface area (Å²) < 4.78 is 5.87. The lowest BCUT2D eigenvalue weighted by atomic mass is 10.1. The van der Waals surface area contributed by atoms with Crippen LogP contribution in [0.25, 0.3) is 0 Å². The van der Waals surface area contributed by atoms with E-state index in [0.717, 1.165) is 23.5 Å². The Balaban J connectivity index is 2.15. The zero-order valence-corrected chi connectivity index (χ0v) is 11.8. The largest absolute Gasteiger partial charge is 0.457 e. The molecule has 2 N–H and O–H groups in total. The summed E-state index contributed by atoms with van der Waals surface area (Å²) in [5, 5.41) is 0. The predicted octanol–water partition coefficient (Wildman–Crippen LogP) is 4.51. The highest BCUT2D eigenvalue weighted by molar-refractivity contribution is 5.38. The van der Waals surface area contributed by atoms with Gasteiger partial charge in [-0.2, -0.15) is 0 Å². The first-order chi connectivity index (χ1) is 9.08. The first kappa shape index (κ1) is 13.6. The molecule has 2 aromatic rings. The second-order valence-corrected chi connectivity index (χ2v) is 5.01. The van der Waals surface area contributed by atoms with E-state index in [1.807, 2.05) is 36.4 Å². The van der Waals surface area contributed by atoms with Gasteiger partial charge in [0.25, 0.3) is 0 Å². The third kappa shape index (κ3) is 3.58. The molecule has 0 spiro atoms. The van der Waals surface area contributed by atoms with Gasteiger partial charge in [0, 0.05) is 6.04 Å². The summed E-state index contributed by atoms with van der Waals surface area (Å²) >= 11 is 0. The second-order valence-electron chi connectivity index (χ2n) is 5.01. The Morgan fingerprint density at radius 2 is 1.53 bits per heavy atom. The fourth-order valence-corrected chi connectivity index (χ4v) is 2.15. The van der Waals surface area contributed by atoms with E-state index in [1.54, 1.807) is 0 Å². The molecule has 1 atom stereocenters. The third-order valence-electron chi connectivity index (χ3n) is 3.18. The second kappa shape index (κ2) is 5.89. The molecule has 0 aliphatic carbocycles. The number of ether oxygens (including phenoxy) is 1. The minimum atomic E-state index is 0.107. The lowest BCUT2D eigenvalue weighted by Gasteiger charge is -2.11. The monoisotopic (exact) mass is 255 g/mol. The molecule has 0 aliphatic heterocycles. The van der Waals surface area contributed by atoms with E-state index in [1.165, 1.54) is 11.1 Å². The van der Waals surface area contributed by atoms with Crippen LogP contribution in [0.15, 0.2) is 42.5 Å². The molecular formula is C17H21NO. The normalized spacial score (nSPS) is 12.2. The van der Waals surface area contributed by atoms with E-state index in [4.69, 9.17) is 10.5 Å². The van der Waals surface area contributed by atoms with Gasteiger partial charge in [0.1, 0.15) is 11.5 Å². The molecule has 0 saturated heterocycles. The van der Waals surface area contributed by atoms with Crippen molar-refractivity contribution in [3.05, 3.63) is 59.2 Å². The van der Waals surface area contributed by atoms with Crippen LogP contribution >= 0.6 is 0 Å². The fourth-order valence-electron chi connectivity index (χ4n) is 2.15. The maximum atomic E-state index is 6.00. The van der Waals surface area contributed by atoms with Gasteiger partial charge in [-0.05, 0) is 61.2 Å². The molecular weight excluding hydrogens is 234 g/mol. The summed E-state index contributed by atoms with van der Waals surface area (Å²) in [5.41, 5.74) is 9.56. The SMILES string of the molecule is CC[C@@H](N)c1ccc(Oc2cc(C)cc(C)c2)cc1. The van der Waals surface area contributed by atoms with Crippen LogP contribution < -0.4 is 10.5 Å². The van der Waals surface area contributed by atoms with Gasteiger partial charge in [0.05, 0.1) is 0 Å². The van der Waals surface area contributed by atoms with Gasteiger partial charge in [-0.1, -0.05) is 25.1 Å². The molecule has 0 bridgehead atoms. The van der Waals surface area contributed by atoms with Gasteiger partial charge in [0.2, 0.25) is 0 Å². The maximum Gasteiger partial charge on any atom is 0.127 e. The molecule has 0 fully saturated rings. The molecule has 2 aromatic carbocycles. The summed E-state index contributed by atoms with van der Waals surface area (Å²) in [7, 11) is 0. The number of benzene rings is 2. The van der Waals surface area contributed by atoms with Gasteiger partial charge in [-0.3, -0.25) is 0 Å². The highest BCUT2D eigenvalue weighted by atomic mass is 16.5. The summed E-state index contributed by atoms with van der Waals surface area (Å²) in [5.74, 6) is 1.72. The Bertz CT molecular complexity index is 525. The van der Waals surface area contributed by atoms with Crippen molar-refractivity contribution in [2.24, 2.45) is 5.73 Å². The van der Waals surface area contributed by atoms with Crippen molar-refractivity contribution in [3.8, 4) is 11.5 Å². The first-order valence-corrected chi connectivity index (χ1v) is 6.70. The van der Waals surface area contributed by atoms with Gasteiger partial charge in [0.15, 0.2) is 0 Å². The average molecular weight is 255 g/mol. The van der Waals surface area contributed by atoms with Crippen LogP contribution in [0.3, 0.4) is 0 Å². The van der Waals surface area contributed by atoms with Crippen LogP contribution in [0.2, 0.25) is 0 Å². The number of hydrogen-bond acceptors (Lipinski definition) is 2. The third-order valence-corrected chi connectivity index (χ3v) is 3.18. The molecule has 2 heteroatoms. The van der Waals surface area contributed by atoms with Crippen LogP contribution in [-0.4, -0.2) is 0 Å². The van der Waals surface area contributed by atoms with E-state index >= 15 is 0 Å². The van der Waals surface area contributed by atoms with Crippen molar-refractivity contribution in [2.75, 3.05) is 0 Å². The van der Waals surface area contributed by atoms with Crippen molar-refractivity contribution >= 4 is 0 Å². The van der Waals surface area contributed by atoms with Crippen molar-refractivity contribution in [3.63, 3.8) is 0 Å². The Hall–Kier alpha value is -1.80. The van der Waals surface area contributed by atoms with Gasteiger partial charge in [-0.25, -0.2) is 0 Å². The molecule has 0 aromatic heterocycles. The van der Waals surface area contributed by atoms with Crippen molar-refractivity contribution in [2.45, 2.75) is 33.2 Å². The van der Waals surface area contributed by atoms with Gasteiger partial charge in [-0.15, -0.1) is 0 Å². The standard InChI is InChI=1S/C17H21NO/c1-4-17(18)14-5-7-15(8-6-14)19-16-10-12(2)9-13(3)11-16/h5-11,17H,4,18H2,1-3H3/t17-/m1/s1. The molecule has 0 heterocycles. The smallest absolute Gasteiger partial charge is 0.127 e. The van der Waals surface area contributed by atoms with Gasteiger partial charge < -0.3 is 10.5 Å². The quantitative estimate of drug-likeness (QED) is 0.872. The van der Waals surface area contributed by atoms with E-state index in [0.29, 0.717) is 0 Å². The Labute approximate surface area is 115 Å². The van der Waals surface area contributed by atoms with E-state index in [9.17, 15) is 0 Å². The number of aryl methyl sites for hydroxylation is 2. The minimum absolute atomic E-state index is 0.107. The summed E-state index contributed by atoms with van der Waals surface area (Å²) in [6.45, 7) is 6.23. The van der Waals surface area contributed by atoms with Crippen LogP contribution in [0.4, 0.5) is 0 Å². The van der Waals surface area contributed by atoms with Crippen LogP contribution in [0, 0.1) is 13.8 Å². The molecule has 19 heavy (non-hydrogen) atoms. The van der Waals surface area contributed by atoms with E-state index in [-0.39, 0.29) is 6.04 Å². The Morgan fingerprint density at radius 3 is 2.05 bits per heavy atom. The van der Waals surface area contributed by atoms with Crippen molar-refractivity contribution < 1.29 is 4.74 Å². The molecule has 0 saturated carbocycles. The summed E-state index contributed by atoms with van der Waals surface area (Å²) in [4.78, 5) is 0. The molecule has 0 radical (unpaired) electrons. The van der Waals surface area contributed by atoms with E-state index < -0.39 is 0 Å². The topological polar surface area (TPSA) is 35.2 Å². The van der Waals surface area contributed by atoms with Gasteiger partial charge >= 0.3 is 0 Å². The number of hydrogen-bond donors (Lipinski definition) is 1. The van der Waals surface area contributed by atoms with Crippen molar-refractivity contribution in [1.82, 2.24) is 0 Å². The zero-order chi connectivity index (χ0) is 13.8. The summed E-state index contributed by atoms with van der Waals surface area (Å²) in [6, 6.07) is 14.3. The molecule has 0 unspecified atom stereocenters. The lowest BCUT2D eigenvalue weighted by Crippen LogP contribution is -2.07. The Morgan fingerprint density at radius 1 is 0.947 bits per heavy atom. The highest BCUT2D eigenvalue weighted by Crippen LogP contribution is 2.25. The maximum absolute atomic E-state index is 6.00. The average Bonchev–Trinajstić information content (AvgIpc) is 2.37. The first-order valence-electron chi connectivity index (χ1n) is 6.70. The zero-order valence-electron chi connectivity index (χ0n) is 11.8. The fraction of sp³-hybridized carbons (Fsp3) is 0.294. The van der Waals surface area contributed by atoms with Crippen LogP contribution in [0.1, 0.15) is 36.1 Å². The lowest BCUT2D eigenvalue weighted by molar-refractivity contribution is 0.481. The van der Waals surface area contributed by atoms with Crippen LogP contribution in [-0.2, 0) is 0 Å². The van der Waals surface area contributed by atoms with Crippen LogP contribution in [0.5, 0.6) is 11.5 Å². The van der Waals surface area contributed by atoms with Crippen molar-refractivity contribution in [1.29, 1.82) is 0 Å². The minimum Gasteiger partial charge on any atom is -0.457 e. The molecule has 0 amide bonds. The highest BCUT2D eigenvalue weighted by Gasteiger charge is 2.04. The molecule has 2 nitrogen and oxygen atoms in total. The number of rotatable bonds is 4. The molecule has 2 rings (SSSR count). The molecule has 100 valence electrons. The predicted molar refractivity (Wildman–Crippen MR) is 79.7 cm³/mol.